The Hall–Kier alpha value is -3.92. The van der Waals surface area contributed by atoms with Gasteiger partial charge in [0.15, 0.2) is 0 Å². The number of nitrogens with one attached hydrogen (secondary N) is 2. The van der Waals surface area contributed by atoms with E-state index < -0.39 is 5.54 Å². The summed E-state index contributed by atoms with van der Waals surface area (Å²) in [6, 6.07) is 16.9. The molecule has 2 amide bonds. The van der Waals surface area contributed by atoms with Crippen molar-refractivity contribution >= 4 is 50.3 Å². The van der Waals surface area contributed by atoms with Gasteiger partial charge >= 0.3 is 6.03 Å². The first kappa shape index (κ1) is 24.4. The second kappa shape index (κ2) is 9.75. The number of hydrogen-bond acceptors (Lipinski definition) is 7. The summed E-state index contributed by atoms with van der Waals surface area (Å²) >= 11 is 1.47. The molecule has 0 unspecified atom stereocenters. The standard InChI is InChI=1S/C29H28N4O4S/c1-18-16-21(37-20-6-4-3-5-7-20)8-9-22(18)33-23-10-13-30-27-24(23)25(31-28(33)35)26(38-27)19(2)32-29(17-34)11-14-36-15-12-29/h3-10,13,16,32,34H,2,11-12,14-15,17H2,1H3,(H,31,35). The molecule has 0 bridgehead atoms. The first-order chi connectivity index (χ1) is 18.5. The Balaban J connectivity index is 1.35. The molecule has 0 spiro atoms. The van der Waals surface area contributed by atoms with E-state index in [1.807, 2.05) is 61.5 Å². The zero-order valence-corrected chi connectivity index (χ0v) is 21.8. The third-order valence-corrected chi connectivity index (χ3v) is 8.23. The van der Waals surface area contributed by atoms with E-state index >= 15 is 0 Å². The smallest absolute Gasteiger partial charge is 0.331 e. The van der Waals surface area contributed by atoms with E-state index in [0.29, 0.717) is 43.2 Å². The summed E-state index contributed by atoms with van der Waals surface area (Å²) in [4.78, 5) is 21.4. The SMILES string of the molecule is C=C(NC1(CO)CCOCC1)c1sc2nccc3c2c1NC(=O)N3c1ccc(Oc2ccccc2)cc1C. The van der Waals surface area contributed by atoms with Gasteiger partial charge in [-0.25, -0.2) is 9.78 Å². The zero-order valence-electron chi connectivity index (χ0n) is 21.0. The highest BCUT2D eigenvalue weighted by molar-refractivity contribution is 7.20. The average Bonchev–Trinajstić information content (AvgIpc) is 3.30. The van der Waals surface area contributed by atoms with Gasteiger partial charge in [-0.05, 0) is 61.7 Å². The molecule has 194 valence electrons. The molecular weight excluding hydrogens is 500 g/mol. The Morgan fingerprint density at radius 3 is 2.71 bits per heavy atom. The molecule has 1 saturated heterocycles. The van der Waals surface area contributed by atoms with E-state index in [-0.39, 0.29) is 12.6 Å². The number of anilines is 3. The van der Waals surface area contributed by atoms with Crippen molar-refractivity contribution in [3.8, 4) is 11.5 Å². The number of pyridine rings is 1. The van der Waals surface area contributed by atoms with Gasteiger partial charge in [-0.15, -0.1) is 11.3 Å². The maximum Gasteiger partial charge on any atom is 0.331 e. The van der Waals surface area contributed by atoms with Gasteiger partial charge in [0.25, 0.3) is 0 Å². The number of nitrogens with zero attached hydrogens (tertiary/aromatic N) is 2. The van der Waals surface area contributed by atoms with Crippen LogP contribution in [0.4, 0.5) is 21.9 Å². The lowest BCUT2D eigenvalue weighted by Crippen LogP contribution is -2.51. The molecule has 1 fully saturated rings. The summed E-state index contributed by atoms with van der Waals surface area (Å²) in [5.74, 6) is 1.45. The van der Waals surface area contributed by atoms with Crippen molar-refractivity contribution in [1.82, 2.24) is 10.3 Å². The summed E-state index contributed by atoms with van der Waals surface area (Å²) in [6.07, 6.45) is 3.07. The third kappa shape index (κ3) is 4.28. The molecule has 6 rings (SSSR count). The minimum atomic E-state index is -0.500. The first-order valence-corrected chi connectivity index (χ1v) is 13.3. The summed E-state index contributed by atoms with van der Waals surface area (Å²) in [7, 11) is 0. The monoisotopic (exact) mass is 528 g/mol. The number of benzene rings is 2. The van der Waals surface area contributed by atoms with Crippen LogP contribution in [0, 0.1) is 6.92 Å². The first-order valence-electron chi connectivity index (χ1n) is 12.5. The summed E-state index contributed by atoms with van der Waals surface area (Å²) in [5, 5.41) is 17.5. The van der Waals surface area contributed by atoms with E-state index in [2.05, 4.69) is 22.2 Å². The number of aryl methyl sites for hydroxylation is 1. The number of ether oxygens (including phenoxy) is 2. The van der Waals surface area contributed by atoms with Gasteiger partial charge in [-0.1, -0.05) is 24.8 Å². The lowest BCUT2D eigenvalue weighted by molar-refractivity contribution is 0.0195. The summed E-state index contributed by atoms with van der Waals surface area (Å²) in [6.45, 7) is 7.36. The molecule has 2 aliphatic heterocycles. The number of aromatic nitrogens is 1. The predicted octanol–water partition coefficient (Wildman–Crippen LogP) is 6.18. The molecular formula is C29H28N4O4S. The van der Waals surface area contributed by atoms with Crippen molar-refractivity contribution in [2.45, 2.75) is 25.3 Å². The number of thiophene rings is 1. The highest BCUT2D eigenvalue weighted by Crippen LogP contribution is 2.48. The van der Waals surface area contributed by atoms with Crippen molar-refractivity contribution in [2.24, 2.45) is 0 Å². The van der Waals surface area contributed by atoms with Crippen molar-refractivity contribution < 1.29 is 19.4 Å². The molecule has 2 aromatic heterocycles. The molecule has 9 heteroatoms. The number of aliphatic hydroxyl groups excluding tert-OH is 1. The molecule has 8 nitrogen and oxygen atoms in total. The molecule has 0 radical (unpaired) electrons. The number of carbonyl (C=O) groups excluding carboxylic acids is 1. The second-order valence-corrected chi connectivity index (χ2v) is 10.6. The Morgan fingerprint density at radius 2 is 1.97 bits per heavy atom. The largest absolute Gasteiger partial charge is 0.457 e. The molecule has 3 N–H and O–H groups in total. The normalized spacial score (nSPS) is 16.3. The molecule has 0 aliphatic carbocycles. The lowest BCUT2D eigenvalue weighted by atomic mass is 9.90. The minimum Gasteiger partial charge on any atom is -0.457 e. The molecule has 0 atom stereocenters. The molecule has 38 heavy (non-hydrogen) atoms. The van der Waals surface area contributed by atoms with Crippen molar-refractivity contribution in [2.75, 3.05) is 30.0 Å². The Kier molecular flexibility index (Phi) is 6.27. The zero-order chi connectivity index (χ0) is 26.3. The van der Waals surface area contributed by atoms with Crippen LogP contribution < -0.4 is 20.3 Å². The van der Waals surface area contributed by atoms with Crippen LogP contribution >= 0.6 is 11.3 Å². The summed E-state index contributed by atoms with van der Waals surface area (Å²) in [5.41, 5.74) is 3.25. The Bertz CT molecular complexity index is 1530. The predicted molar refractivity (Wildman–Crippen MR) is 151 cm³/mol. The van der Waals surface area contributed by atoms with Gasteiger partial charge in [-0.3, -0.25) is 4.90 Å². The van der Waals surface area contributed by atoms with Crippen molar-refractivity contribution in [3.63, 3.8) is 0 Å². The van der Waals surface area contributed by atoms with E-state index in [1.165, 1.54) is 11.3 Å². The van der Waals surface area contributed by atoms with E-state index in [1.54, 1.807) is 11.1 Å². The van der Waals surface area contributed by atoms with E-state index in [9.17, 15) is 9.90 Å². The Labute approximate surface area is 224 Å². The fourth-order valence-electron chi connectivity index (χ4n) is 5.06. The van der Waals surface area contributed by atoms with Crippen LogP contribution in [-0.2, 0) is 4.74 Å². The van der Waals surface area contributed by atoms with Crippen LogP contribution in [0.15, 0.2) is 67.4 Å². The van der Waals surface area contributed by atoms with Crippen LogP contribution in [0.5, 0.6) is 11.5 Å². The number of aliphatic hydroxyl groups is 1. The van der Waals surface area contributed by atoms with Crippen LogP contribution in [0.2, 0.25) is 0 Å². The second-order valence-electron chi connectivity index (χ2n) is 9.60. The van der Waals surface area contributed by atoms with Gasteiger partial charge < -0.3 is 25.2 Å². The van der Waals surface area contributed by atoms with Gasteiger partial charge in [0.05, 0.1) is 39.5 Å². The average molecular weight is 529 g/mol. The van der Waals surface area contributed by atoms with Crippen molar-refractivity contribution in [3.05, 3.63) is 77.8 Å². The van der Waals surface area contributed by atoms with E-state index in [4.69, 9.17) is 9.47 Å². The lowest BCUT2D eigenvalue weighted by Gasteiger charge is -2.38. The number of para-hydroxylation sites is 1. The van der Waals surface area contributed by atoms with Crippen LogP contribution in [0.25, 0.3) is 15.9 Å². The minimum absolute atomic E-state index is 0.0253. The highest BCUT2D eigenvalue weighted by Gasteiger charge is 2.36. The number of carbonyl (C=O) groups is 1. The van der Waals surface area contributed by atoms with E-state index in [0.717, 1.165) is 37.8 Å². The maximum atomic E-state index is 13.6. The summed E-state index contributed by atoms with van der Waals surface area (Å²) < 4.78 is 11.5. The van der Waals surface area contributed by atoms with Gasteiger partial charge in [0.1, 0.15) is 16.3 Å². The molecule has 2 aromatic carbocycles. The molecule has 0 saturated carbocycles. The quantitative estimate of drug-likeness (QED) is 0.265. The van der Waals surface area contributed by atoms with Crippen LogP contribution in [-0.4, -0.2) is 41.5 Å². The van der Waals surface area contributed by atoms with Crippen molar-refractivity contribution in [1.29, 1.82) is 0 Å². The van der Waals surface area contributed by atoms with Crippen LogP contribution in [0.3, 0.4) is 0 Å². The third-order valence-electron chi connectivity index (χ3n) is 7.08. The molecule has 4 heterocycles. The fourth-order valence-corrected chi connectivity index (χ4v) is 6.11. The number of urea groups is 1. The maximum absolute atomic E-state index is 13.6. The molecule has 2 aliphatic rings. The van der Waals surface area contributed by atoms with Gasteiger partial charge in [0, 0.05) is 25.1 Å². The van der Waals surface area contributed by atoms with Gasteiger partial charge in [0.2, 0.25) is 0 Å². The fraction of sp³-hybridized carbons (Fsp3) is 0.241. The number of rotatable bonds is 7. The number of amides is 2. The highest BCUT2D eigenvalue weighted by atomic mass is 32.1. The topological polar surface area (TPSA) is 95.9 Å². The molecule has 4 aromatic rings. The van der Waals surface area contributed by atoms with Gasteiger partial charge in [-0.2, -0.15) is 0 Å². The Morgan fingerprint density at radius 1 is 1.18 bits per heavy atom. The van der Waals surface area contributed by atoms with Crippen LogP contribution in [0.1, 0.15) is 23.3 Å². The number of hydrogen-bond donors (Lipinski definition) is 3.